The Balaban J connectivity index is 2.00. The molecule has 1 atom stereocenters. The van der Waals surface area contributed by atoms with Gasteiger partial charge in [0.15, 0.2) is 6.10 Å². The van der Waals surface area contributed by atoms with Crippen LogP contribution in [-0.4, -0.2) is 29.6 Å². The van der Waals surface area contributed by atoms with Crippen LogP contribution in [0.5, 0.6) is 5.75 Å². The fraction of sp³-hybridized carbons (Fsp3) is 0.529. The summed E-state index contributed by atoms with van der Waals surface area (Å²) >= 11 is 0. The summed E-state index contributed by atoms with van der Waals surface area (Å²) in [5.41, 5.74) is -0.201. The van der Waals surface area contributed by atoms with Crippen LogP contribution >= 0.6 is 0 Å². The molecule has 0 amide bonds. The van der Waals surface area contributed by atoms with E-state index in [0.29, 0.717) is 5.75 Å². The second kappa shape index (κ2) is 6.75. The Morgan fingerprint density at radius 2 is 1.75 bits per heavy atom. The summed E-state index contributed by atoms with van der Waals surface area (Å²) in [5, 5.41) is 10.4. The first-order valence-corrected chi connectivity index (χ1v) is 7.73. The van der Waals surface area contributed by atoms with Crippen LogP contribution in [0.2, 0.25) is 0 Å². The molecule has 0 heterocycles. The van der Waals surface area contributed by atoms with E-state index in [-0.39, 0.29) is 11.2 Å². The molecule has 0 aromatic heterocycles. The van der Waals surface area contributed by atoms with Gasteiger partial charge in [0, 0.05) is 0 Å². The van der Waals surface area contributed by atoms with Gasteiger partial charge in [0.25, 0.3) is 0 Å². The Hall–Kier alpha value is -2.18. The number of halogens is 2. The minimum absolute atomic E-state index is 0.0277. The molecular formula is C17H19F2O5-. The molecule has 5 nitrogen and oxygen atoms in total. The van der Waals surface area contributed by atoms with E-state index in [1.807, 2.05) is 6.92 Å². The second-order valence-corrected chi connectivity index (χ2v) is 6.24. The van der Waals surface area contributed by atoms with E-state index in [2.05, 4.69) is 4.74 Å². The quantitative estimate of drug-likeness (QED) is 0.742. The van der Waals surface area contributed by atoms with Crippen molar-refractivity contribution in [2.75, 3.05) is 0 Å². The lowest BCUT2D eigenvalue weighted by Crippen LogP contribution is -2.50. The number of ether oxygens (including phenoxy) is 2. The van der Waals surface area contributed by atoms with Gasteiger partial charge in [-0.15, -0.1) is 0 Å². The summed E-state index contributed by atoms with van der Waals surface area (Å²) in [5.74, 6) is -7.31. The number of hydrogen-bond acceptors (Lipinski definition) is 5. The number of carboxylic acid groups (broad SMARTS) is 1. The zero-order valence-corrected chi connectivity index (χ0v) is 13.5. The molecule has 0 bridgehead atoms. The van der Waals surface area contributed by atoms with Crippen molar-refractivity contribution in [2.45, 2.75) is 57.2 Å². The van der Waals surface area contributed by atoms with Crippen molar-refractivity contribution >= 4 is 11.9 Å². The molecule has 1 fully saturated rings. The fourth-order valence-electron chi connectivity index (χ4n) is 2.64. The number of carboxylic acids is 1. The summed E-state index contributed by atoms with van der Waals surface area (Å²) in [6.07, 6.45) is 1.97. The first kappa shape index (κ1) is 18.2. The Kier molecular flexibility index (Phi) is 5.11. The monoisotopic (exact) mass is 341 g/mol. The molecule has 2 rings (SSSR count). The number of carbonyl (C=O) groups excluding carboxylic acids is 2. The van der Waals surface area contributed by atoms with Gasteiger partial charge in [-0.3, -0.25) is 0 Å². The van der Waals surface area contributed by atoms with E-state index in [9.17, 15) is 23.5 Å². The van der Waals surface area contributed by atoms with Crippen LogP contribution in [0.3, 0.4) is 0 Å². The highest BCUT2D eigenvalue weighted by molar-refractivity contribution is 5.90. The van der Waals surface area contributed by atoms with Crippen molar-refractivity contribution in [3.63, 3.8) is 0 Å². The minimum Gasteiger partial charge on any atom is -0.544 e. The summed E-state index contributed by atoms with van der Waals surface area (Å²) < 4.78 is 36.8. The molecule has 1 aromatic carbocycles. The number of alkyl halides is 2. The maximum Gasteiger partial charge on any atom is 0.338 e. The zero-order chi connectivity index (χ0) is 18.0. The van der Waals surface area contributed by atoms with Crippen LogP contribution in [0.25, 0.3) is 0 Å². The third-order valence-corrected chi connectivity index (χ3v) is 4.18. The Morgan fingerprint density at radius 3 is 2.25 bits per heavy atom. The van der Waals surface area contributed by atoms with Crippen molar-refractivity contribution < 1.29 is 33.0 Å². The summed E-state index contributed by atoms with van der Waals surface area (Å²) in [6.45, 7) is 2.82. The standard InChI is InChI=1S/C17H20F2O5/c1-11(17(18,19)15(21)22)23-14(20)12-5-7-13(8-6-12)24-16(2)9-3-4-10-16/h5-8,11H,3-4,9-10H2,1-2H3,(H,21,22)/p-1. The number of rotatable bonds is 6. The SMILES string of the molecule is CC(OC(=O)c1ccc(OC2(C)CCCC2)cc1)C(F)(F)C(=O)[O-]. The third-order valence-electron chi connectivity index (χ3n) is 4.18. The number of carbonyl (C=O) groups is 2. The molecule has 1 aliphatic rings. The van der Waals surface area contributed by atoms with Crippen molar-refractivity contribution in [3.8, 4) is 5.75 Å². The molecule has 0 aliphatic heterocycles. The molecule has 0 spiro atoms. The van der Waals surface area contributed by atoms with Gasteiger partial charge in [-0.05, 0) is 63.8 Å². The molecular weight excluding hydrogens is 322 g/mol. The van der Waals surface area contributed by atoms with E-state index in [0.717, 1.165) is 32.6 Å². The smallest absolute Gasteiger partial charge is 0.338 e. The number of benzene rings is 1. The highest BCUT2D eigenvalue weighted by Gasteiger charge is 2.41. The molecule has 1 saturated carbocycles. The molecule has 24 heavy (non-hydrogen) atoms. The van der Waals surface area contributed by atoms with E-state index >= 15 is 0 Å². The van der Waals surface area contributed by atoms with Gasteiger partial charge in [0.1, 0.15) is 17.3 Å². The van der Waals surface area contributed by atoms with Gasteiger partial charge in [-0.25, -0.2) is 4.79 Å². The van der Waals surface area contributed by atoms with E-state index in [4.69, 9.17) is 4.74 Å². The molecule has 132 valence electrons. The van der Waals surface area contributed by atoms with Crippen LogP contribution in [0, 0.1) is 0 Å². The van der Waals surface area contributed by atoms with Gasteiger partial charge < -0.3 is 19.4 Å². The lowest BCUT2D eigenvalue weighted by atomic mass is 10.1. The van der Waals surface area contributed by atoms with Gasteiger partial charge >= 0.3 is 11.9 Å². The van der Waals surface area contributed by atoms with Crippen molar-refractivity contribution in [3.05, 3.63) is 29.8 Å². The summed E-state index contributed by atoms with van der Waals surface area (Å²) in [4.78, 5) is 22.2. The van der Waals surface area contributed by atoms with Crippen molar-refractivity contribution in [1.82, 2.24) is 0 Å². The maximum absolute atomic E-state index is 13.2. The molecule has 1 aromatic rings. The normalized spacial score (nSPS) is 18.0. The van der Waals surface area contributed by atoms with E-state index < -0.39 is 24.0 Å². The van der Waals surface area contributed by atoms with Gasteiger partial charge in [0.05, 0.1) is 5.56 Å². The number of esters is 1. The lowest BCUT2D eigenvalue weighted by Gasteiger charge is -2.26. The Bertz CT molecular complexity index is 606. The first-order chi connectivity index (χ1) is 11.1. The molecule has 1 unspecified atom stereocenters. The third kappa shape index (κ3) is 4.01. The van der Waals surface area contributed by atoms with Crippen LogP contribution in [0.4, 0.5) is 8.78 Å². The highest BCUT2D eigenvalue weighted by atomic mass is 19.3. The molecule has 7 heteroatoms. The van der Waals surface area contributed by atoms with Gasteiger partial charge in [-0.2, -0.15) is 8.78 Å². The van der Waals surface area contributed by atoms with Crippen LogP contribution < -0.4 is 9.84 Å². The van der Waals surface area contributed by atoms with Crippen LogP contribution in [-0.2, 0) is 9.53 Å². The first-order valence-electron chi connectivity index (χ1n) is 7.73. The summed E-state index contributed by atoms with van der Waals surface area (Å²) in [6, 6.07) is 5.89. The Labute approximate surface area is 138 Å². The molecule has 1 aliphatic carbocycles. The predicted octanol–water partition coefficient (Wildman–Crippen LogP) is 2.33. The lowest BCUT2D eigenvalue weighted by molar-refractivity contribution is -0.335. The Morgan fingerprint density at radius 1 is 1.21 bits per heavy atom. The van der Waals surface area contributed by atoms with Crippen LogP contribution in [0.1, 0.15) is 49.9 Å². The van der Waals surface area contributed by atoms with Crippen molar-refractivity contribution in [2.24, 2.45) is 0 Å². The van der Waals surface area contributed by atoms with E-state index in [1.54, 1.807) is 12.1 Å². The second-order valence-electron chi connectivity index (χ2n) is 6.24. The number of hydrogen-bond donors (Lipinski definition) is 0. The van der Waals surface area contributed by atoms with Crippen LogP contribution in [0.15, 0.2) is 24.3 Å². The average Bonchev–Trinajstić information content (AvgIpc) is 2.93. The average molecular weight is 341 g/mol. The predicted molar refractivity (Wildman–Crippen MR) is 78.8 cm³/mol. The minimum atomic E-state index is -4.25. The fourth-order valence-corrected chi connectivity index (χ4v) is 2.64. The maximum atomic E-state index is 13.2. The zero-order valence-electron chi connectivity index (χ0n) is 13.5. The van der Waals surface area contributed by atoms with Gasteiger partial charge in [-0.1, -0.05) is 0 Å². The largest absolute Gasteiger partial charge is 0.544 e. The molecule has 0 saturated heterocycles. The topological polar surface area (TPSA) is 75.7 Å². The van der Waals surface area contributed by atoms with E-state index in [1.165, 1.54) is 12.1 Å². The van der Waals surface area contributed by atoms with Gasteiger partial charge in [0.2, 0.25) is 0 Å². The molecule has 0 radical (unpaired) electrons. The molecule has 0 N–H and O–H groups in total. The highest BCUT2D eigenvalue weighted by Crippen LogP contribution is 2.34. The number of aliphatic carboxylic acids is 1. The summed E-state index contributed by atoms with van der Waals surface area (Å²) in [7, 11) is 0. The van der Waals surface area contributed by atoms with Crippen molar-refractivity contribution in [1.29, 1.82) is 0 Å².